The fourth-order valence-corrected chi connectivity index (χ4v) is 3.23. The molecule has 3 nitrogen and oxygen atoms in total. The van der Waals surface area contributed by atoms with Crippen LogP contribution in [0, 0.1) is 5.92 Å². The van der Waals surface area contributed by atoms with E-state index < -0.39 is 0 Å². The molecule has 1 aromatic heterocycles. The topological polar surface area (TPSA) is 39.1 Å². The van der Waals surface area contributed by atoms with Gasteiger partial charge in [-0.25, -0.2) is 0 Å². The van der Waals surface area contributed by atoms with Gasteiger partial charge in [-0.3, -0.25) is 9.59 Å². The van der Waals surface area contributed by atoms with Crippen molar-refractivity contribution in [2.24, 2.45) is 5.92 Å². The lowest BCUT2D eigenvalue weighted by molar-refractivity contribution is 0.104. The molecule has 2 heterocycles. The van der Waals surface area contributed by atoms with Crippen molar-refractivity contribution >= 4 is 16.9 Å². The Bertz CT molecular complexity index is 1040. The fraction of sp³-hybridized carbons (Fsp3) is 0.387. The molecule has 0 fully saturated rings. The van der Waals surface area contributed by atoms with E-state index >= 15 is 0 Å². The normalized spacial score (nSPS) is 12.8. The van der Waals surface area contributed by atoms with Crippen molar-refractivity contribution in [3.8, 4) is 0 Å². The molecule has 1 aliphatic rings. The molecule has 0 radical (unpaired) electrons. The molecule has 0 saturated heterocycles. The summed E-state index contributed by atoms with van der Waals surface area (Å²) in [7, 11) is 0. The smallest absolute Gasteiger partial charge is 0.193 e. The predicted octanol–water partition coefficient (Wildman–Crippen LogP) is 8.61. The largest absolute Gasteiger partial charge is 0.347 e. The van der Waals surface area contributed by atoms with Gasteiger partial charge in [0.15, 0.2) is 11.2 Å². The van der Waals surface area contributed by atoms with E-state index in [0.717, 1.165) is 54.1 Å². The number of hydrogen-bond acceptors (Lipinski definition) is 2. The van der Waals surface area contributed by atoms with Gasteiger partial charge in [0.1, 0.15) is 0 Å². The van der Waals surface area contributed by atoms with Gasteiger partial charge < -0.3 is 4.57 Å². The van der Waals surface area contributed by atoms with Crippen molar-refractivity contribution in [1.29, 1.82) is 0 Å². The van der Waals surface area contributed by atoms with Crippen molar-refractivity contribution in [3.05, 3.63) is 101 Å². The maximum atomic E-state index is 12.4. The molecule has 0 unspecified atom stereocenters. The number of aromatic nitrogens is 1. The van der Waals surface area contributed by atoms with Crippen LogP contribution in [-0.2, 0) is 6.54 Å². The van der Waals surface area contributed by atoms with Crippen LogP contribution in [0.15, 0.2) is 78.4 Å². The summed E-state index contributed by atoms with van der Waals surface area (Å²) in [4.78, 5) is 24.4. The fourth-order valence-electron chi connectivity index (χ4n) is 3.23. The number of aryl methyl sites for hydroxylation is 1. The summed E-state index contributed by atoms with van der Waals surface area (Å²) in [5.74, 6) is 0.496. The lowest BCUT2D eigenvalue weighted by Gasteiger charge is -2.14. The Morgan fingerprint density at radius 3 is 2.21 bits per heavy atom. The number of fused-ring (bicyclic) bond motifs is 1. The molecule has 34 heavy (non-hydrogen) atoms. The second-order valence-electron chi connectivity index (χ2n) is 8.01. The van der Waals surface area contributed by atoms with Crippen molar-refractivity contribution in [2.75, 3.05) is 0 Å². The number of carbonyl (C=O) groups excluding carboxylic acids is 1. The number of pyridine rings is 1. The number of nitrogens with zero attached hydrogens (tertiary/aromatic N) is 1. The first-order chi connectivity index (χ1) is 16.4. The minimum Gasteiger partial charge on any atom is -0.347 e. The average Bonchev–Trinajstić information content (AvgIpc) is 3.05. The quantitative estimate of drug-likeness (QED) is 0.259. The average molecular weight is 464 g/mol. The first-order valence-electron chi connectivity index (χ1n) is 12.4. The van der Waals surface area contributed by atoms with Crippen molar-refractivity contribution in [3.63, 3.8) is 0 Å². The summed E-state index contributed by atoms with van der Waals surface area (Å²) >= 11 is 0. The minimum absolute atomic E-state index is 0. The predicted molar refractivity (Wildman–Crippen MR) is 151 cm³/mol. The van der Waals surface area contributed by atoms with E-state index in [4.69, 9.17) is 0 Å². The maximum absolute atomic E-state index is 12.4. The molecule has 0 aliphatic carbocycles. The Kier molecular flexibility index (Phi) is 15.7. The molecular formula is C31H45NO2. The zero-order chi connectivity index (χ0) is 26.1. The van der Waals surface area contributed by atoms with Crippen LogP contribution in [0.4, 0.5) is 0 Å². The number of rotatable bonds is 4. The molecule has 3 rings (SSSR count). The molecule has 3 heteroatoms. The Labute approximate surface area is 208 Å². The number of hydrogen-bond donors (Lipinski definition) is 0. The van der Waals surface area contributed by atoms with E-state index in [1.807, 2.05) is 68.7 Å². The van der Waals surface area contributed by atoms with Crippen LogP contribution in [-0.4, -0.2) is 10.4 Å². The number of ketones is 1. The van der Waals surface area contributed by atoms with Crippen molar-refractivity contribution < 1.29 is 6.22 Å². The molecular weight excluding hydrogens is 418 g/mol. The van der Waals surface area contributed by atoms with Crippen molar-refractivity contribution in [1.82, 2.24) is 4.57 Å². The van der Waals surface area contributed by atoms with E-state index in [2.05, 4.69) is 39.7 Å². The molecule has 0 atom stereocenters. The van der Waals surface area contributed by atoms with Gasteiger partial charge in [0, 0.05) is 31.5 Å². The third-order valence-corrected chi connectivity index (χ3v) is 4.60. The lowest BCUT2D eigenvalue weighted by Crippen LogP contribution is -2.18. The van der Waals surface area contributed by atoms with Crippen LogP contribution in [0.3, 0.4) is 0 Å². The highest BCUT2D eigenvalue weighted by atomic mass is 16.1. The first-order valence-corrected chi connectivity index (χ1v) is 12.4. The standard InChI is InChI=1S/C23H21NO2.C4H10.2C2H6.H2/c1-3-17(18-10-6-5-7-11-18)14-19-12-8-9-13-24-16-20(22(25)4-2)23(26)15-21(19)24;1-4(2)3;2*1-2;/h4-7,10-11,14-16H,1-2,8-9,12-13H2;4H,1-3H3;2*1-2H3;1H/b19-14+;;;;. The number of allylic oxidation sites excluding steroid dienone is 4. The molecule has 1 aromatic carbocycles. The highest BCUT2D eigenvalue weighted by molar-refractivity contribution is 6.04. The molecule has 186 valence electrons. The molecule has 0 amide bonds. The highest BCUT2D eigenvalue weighted by Crippen LogP contribution is 2.28. The first kappa shape index (κ1) is 30.8. The van der Waals surface area contributed by atoms with E-state index in [1.54, 1.807) is 12.3 Å². The SMILES string of the molecule is C=C=C(/C=C1\CCCCn2cc(C(=O)C=C)c(=O)cc21)c1ccccc1.CC.CC.CC(C)C.[HH]. The van der Waals surface area contributed by atoms with Crippen molar-refractivity contribution in [2.45, 2.75) is 74.3 Å². The van der Waals surface area contributed by atoms with Gasteiger partial charge in [0.25, 0.3) is 0 Å². The number of carbonyl (C=O) groups is 1. The van der Waals surface area contributed by atoms with Gasteiger partial charge in [-0.15, -0.1) is 5.73 Å². The van der Waals surface area contributed by atoms with Gasteiger partial charge in [-0.1, -0.05) is 92.0 Å². The Balaban J connectivity index is 0. The van der Waals surface area contributed by atoms with Gasteiger partial charge in [-0.2, -0.15) is 0 Å². The zero-order valence-corrected chi connectivity index (χ0v) is 22.3. The summed E-state index contributed by atoms with van der Waals surface area (Å²) in [6.07, 6.45) is 7.78. The molecule has 1 aliphatic heterocycles. The van der Waals surface area contributed by atoms with Crippen LogP contribution in [0.1, 0.15) is 90.8 Å². The van der Waals surface area contributed by atoms with Crippen LogP contribution in [0.25, 0.3) is 11.1 Å². The van der Waals surface area contributed by atoms with Gasteiger partial charge in [-0.05, 0) is 48.5 Å². The summed E-state index contributed by atoms with van der Waals surface area (Å²) in [5, 5.41) is 0. The van der Waals surface area contributed by atoms with Gasteiger partial charge in [0.2, 0.25) is 0 Å². The molecule has 0 saturated carbocycles. The molecule has 0 bridgehead atoms. The van der Waals surface area contributed by atoms with Crippen LogP contribution < -0.4 is 5.43 Å². The lowest BCUT2D eigenvalue weighted by atomic mass is 9.98. The Hall–Kier alpha value is -3.16. The summed E-state index contributed by atoms with van der Waals surface area (Å²) in [6, 6.07) is 11.5. The second-order valence-corrected chi connectivity index (χ2v) is 8.01. The zero-order valence-electron chi connectivity index (χ0n) is 22.3. The van der Waals surface area contributed by atoms with E-state index in [9.17, 15) is 9.59 Å². The summed E-state index contributed by atoms with van der Waals surface area (Å²) < 4.78 is 2.00. The van der Waals surface area contributed by atoms with E-state index in [-0.39, 0.29) is 18.2 Å². The van der Waals surface area contributed by atoms with Crippen LogP contribution >= 0.6 is 0 Å². The maximum Gasteiger partial charge on any atom is 0.193 e. The molecule has 2 aromatic rings. The highest BCUT2D eigenvalue weighted by Gasteiger charge is 2.17. The Morgan fingerprint density at radius 2 is 1.68 bits per heavy atom. The van der Waals surface area contributed by atoms with E-state index in [0.29, 0.717) is 0 Å². The third-order valence-electron chi connectivity index (χ3n) is 4.60. The van der Waals surface area contributed by atoms with E-state index in [1.165, 1.54) is 6.08 Å². The summed E-state index contributed by atoms with van der Waals surface area (Å²) in [6.45, 7) is 22.6. The second kappa shape index (κ2) is 17.3. The molecule has 0 N–H and O–H groups in total. The Morgan fingerprint density at radius 1 is 1.09 bits per heavy atom. The summed E-state index contributed by atoms with van der Waals surface area (Å²) in [5.41, 5.74) is 6.76. The van der Waals surface area contributed by atoms with Gasteiger partial charge in [0.05, 0.1) is 5.56 Å². The van der Waals surface area contributed by atoms with Gasteiger partial charge >= 0.3 is 0 Å². The minimum atomic E-state index is -0.337. The monoisotopic (exact) mass is 463 g/mol. The third kappa shape index (κ3) is 9.77. The van der Waals surface area contributed by atoms with Crippen LogP contribution in [0.2, 0.25) is 0 Å². The number of benzene rings is 1. The molecule has 0 spiro atoms. The van der Waals surface area contributed by atoms with Crippen LogP contribution in [0.5, 0.6) is 0 Å².